The van der Waals surface area contributed by atoms with Gasteiger partial charge >= 0.3 is 0 Å². The van der Waals surface area contributed by atoms with Crippen LogP contribution in [0.2, 0.25) is 0 Å². The van der Waals surface area contributed by atoms with Crippen molar-refractivity contribution in [2.45, 2.75) is 44.7 Å². The average Bonchev–Trinajstić information content (AvgIpc) is 2.42. The van der Waals surface area contributed by atoms with Gasteiger partial charge in [-0.2, -0.15) is 0 Å². The van der Waals surface area contributed by atoms with E-state index in [2.05, 4.69) is 47.2 Å². The van der Waals surface area contributed by atoms with Gasteiger partial charge in [0.1, 0.15) is 5.82 Å². The molecule has 0 aliphatic heterocycles. The molecular weight excluding hydrogens is 331 g/mol. The van der Waals surface area contributed by atoms with E-state index in [0.717, 1.165) is 24.6 Å². The monoisotopic (exact) mass is 356 g/mol. The molecule has 0 aromatic heterocycles. The van der Waals surface area contributed by atoms with Gasteiger partial charge in [0, 0.05) is 18.6 Å². The first-order valence-electron chi connectivity index (χ1n) is 7.75. The third kappa shape index (κ3) is 4.27. The van der Waals surface area contributed by atoms with Crippen molar-refractivity contribution in [3.63, 3.8) is 0 Å². The van der Waals surface area contributed by atoms with Gasteiger partial charge in [0.2, 0.25) is 0 Å². The quantitative estimate of drug-likeness (QED) is 0.850. The highest BCUT2D eigenvalue weighted by Gasteiger charge is 2.36. The molecule has 2 nitrogen and oxygen atoms in total. The van der Waals surface area contributed by atoms with Gasteiger partial charge in [-0.15, -0.1) is 0 Å². The maximum atomic E-state index is 13.2. The van der Waals surface area contributed by atoms with E-state index in [1.54, 1.807) is 0 Å². The second-order valence-electron chi connectivity index (χ2n) is 6.67. The van der Waals surface area contributed by atoms with Crippen LogP contribution in [0.1, 0.15) is 38.2 Å². The van der Waals surface area contributed by atoms with Crippen LogP contribution in [0.25, 0.3) is 0 Å². The molecule has 0 amide bonds. The Morgan fingerprint density at radius 1 is 1.43 bits per heavy atom. The summed E-state index contributed by atoms with van der Waals surface area (Å²) in [5.74, 6) is 0.590. The van der Waals surface area contributed by atoms with E-state index < -0.39 is 0 Å². The summed E-state index contributed by atoms with van der Waals surface area (Å²) in [6, 6.07) is 5.22. The van der Waals surface area contributed by atoms with Crippen LogP contribution in [0.4, 0.5) is 4.39 Å². The van der Waals surface area contributed by atoms with E-state index in [0.29, 0.717) is 4.47 Å². The lowest BCUT2D eigenvalue weighted by molar-refractivity contribution is 0.0749. The molecule has 0 radical (unpaired) electrons. The number of halogens is 2. The Morgan fingerprint density at radius 3 is 2.81 bits per heavy atom. The Morgan fingerprint density at radius 2 is 2.19 bits per heavy atom. The van der Waals surface area contributed by atoms with Gasteiger partial charge in [-0.05, 0) is 66.5 Å². The second kappa shape index (κ2) is 7.21. The van der Waals surface area contributed by atoms with Gasteiger partial charge in [-0.1, -0.05) is 25.8 Å². The van der Waals surface area contributed by atoms with Crippen LogP contribution < -0.4 is 5.32 Å². The summed E-state index contributed by atoms with van der Waals surface area (Å²) in [4.78, 5) is 2.39. The number of nitrogens with zero attached hydrogens (tertiary/aromatic N) is 1. The predicted octanol–water partition coefficient (Wildman–Crippen LogP) is 4.19. The zero-order chi connectivity index (χ0) is 15.5. The van der Waals surface area contributed by atoms with Crippen molar-refractivity contribution < 1.29 is 4.39 Å². The minimum atomic E-state index is -0.204. The van der Waals surface area contributed by atoms with Crippen LogP contribution in [-0.4, -0.2) is 31.1 Å². The van der Waals surface area contributed by atoms with Crippen molar-refractivity contribution in [3.8, 4) is 0 Å². The summed E-state index contributed by atoms with van der Waals surface area (Å²) in [6.45, 7) is 4.12. The van der Waals surface area contributed by atoms with Gasteiger partial charge in [-0.25, -0.2) is 4.39 Å². The van der Waals surface area contributed by atoms with E-state index in [9.17, 15) is 4.39 Å². The van der Waals surface area contributed by atoms with Gasteiger partial charge < -0.3 is 10.2 Å². The molecule has 1 fully saturated rings. The first-order chi connectivity index (χ1) is 9.93. The van der Waals surface area contributed by atoms with E-state index in [-0.39, 0.29) is 11.4 Å². The lowest BCUT2D eigenvalue weighted by Crippen LogP contribution is -2.54. The molecule has 1 aliphatic rings. The zero-order valence-electron chi connectivity index (χ0n) is 13.3. The second-order valence-corrected chi connectivity index (χ2v) is 7.53. The van der Waals surface area contributed by atoms with Crippen molar-refractivity contribution in [1.29, 1.82) is 0 Å². The fourth-order valence-electron chi connectivity index (χ4n) is 3.45. The van der Waals surface area contributed by atoms with E-state index in [1.165, 1.54) is 31.7 Å². The number of rotatable bonds is 5. The molecule has 0 bridgehead atoms. The molecule has 1 aliphatic carbocycles. The highest BCUT2D eigenvalue weighted by molar-refractivity contribution is 9.10. The molecule has 1 N–H and O–H groups in total. The Balaban J connectivity index is 1.94. The number of hydrogen-bond donors (Lipinski definition) is 1. The van der Waals surface area contributed by atoms with Gasteiger partial charge in [-0.3, -0.25) is 0 Å². The average molecular weight is 357 g/mol. The molecular formula is C17H26BrFN2. The molecule has 0 spiro atoms. The van der Waals surface area contributed by atoms with Crippen LogP contribution in [-0.2, 0) is 6.54 Å². The molecule has 0 saturated heterocycles. The van der Waals surface area contributed by atoms with Crippen molar-refractivity contribution in [1.82, 2.24) is 10.2 Å². The van der Waals surface area contributed by atoms with E-state index in [1.807, 2.05) is 12.1 Å². The lowest BCUT2D eigenvalue weighted by Gasteiger charge is -2.45. The molecule has 1 saturated carbocycles. The Hall–Kier alpha value is -0.450. The van der Waals surface area contributed by atoms with Crippen LogP contribution in [0, 0.1) is 11.7 Å². The highest BCUT2D eigenvalue weighted by Crippen LogP contribution is 2.35. The maximum absolute atomic E-state index is 13.2. The molecule has 2 unspecified atom stereocenters. The smallest absolute Gasteiger partial charge is 0.137 e. The summed E-state index contributed by atoms with van der Waals surface area (Å²) in [7, 11) is 4.38. The molecule has 0 heterocycles. The largest absolute Gasteiger partial charge is 0.311 e. The number of benzene rings is 1. The fourth-order valence-corrected chi connectivity index (χ4v) is 3.87. The molecule has 2 atom stereocenters. The third-order valence-electron chi connectivity index (χ3n) is 4.78. The topological polar surface area (TPSA) is 15.3 Å². The zero-order valence-corrected chi connectivity index (χ0v) is 14.8. The molecule has 1 aromatic rings. The van der Waals surface area contributed by atoms with E-state index >= 15 is 0 Å². The van der Waals surface area contributed by atoms with Crippen LogP contribution in [0.15, 0.2) is 22.7 Å². The number of nitrogens with one attached hydrogen (secondary N) is 1. The molecule has 4 heteroatoms. The Bertz CT molecular complexity index is 478. The van der Waals surface area contributed by atoms with Crippen LogP contribution in [0.3, 0.4) is 0 Å². The maximum Gasteiger partial charge on any atom is 0.137 e. The Labute approximate surface area is 136 Å². The first-order valence-corrected chi connectivity index (χ1v) is 8.54. The minimum Gasteiger partial charge on any atom is -0.311 e. The summed E-state index contributed by atoms with van der Waals surface area (Å²) < 4.78 is 13.8. The van der Waals surface area contributed by atoms with Crippen molar-refractivity contribution in [2.75, 3.05) is 20.6 Å². The summed E-state index contributed by atoms with van der Waals surface area (Å²) in [6.07, 6.45) is 5.16. The van der Waals surface area contributed by atoms with Crippen LogP contribution >= 0.6 is 15.9 Å². The number of likely N-dealkylation sites (N-methyl/N-ethyl adjacent to an activating group) is 1. The molecule has 21 heavy (non-hydrogen) atoms. The summed E-state index contributed by atoms with van der Waals surface area (Å²) in [5, 5.41) is 3.58. The molecule has 1 aromatic carbocycles. The summed E-state index contributed by atoms with van der Waals surface area (Å²) in [5.41, 5.74) is 1.37. The van der Waals surface area contributed by atoms with Gasteiger partial charge in [0.05, 0.1) is 4.47 Å². The standard InChI is InChI=1S/C17H26BrFN2/c1-13-5-4-8-17(10-13,21(2)3)12-20-11-14-6-7-16(19)15(18)9-14/h6-7,9,13,20H,4-5,8,10-12H2,1-3H3. The Kier molecular flexibility index (Phi) is 5.81. The normalized spacial score (nSPS) is 26.3. The molecule has 2 rings (SSSR count). The molecule has 118 valence electrons. The van der Waals surface area contributed by atoms with E-state index in [4.69, 9.17) is 0 Å². The minimum absolute atomic E-state index is 0.204. The van der Waals surface area contributed by atoms with Gasteiger partial charge in [0.15, 0.2) is 0 Å². The third-order valence-corrected chi connectivity index (χ3v) is 5.39. The first kappa shape index (κ1) is 16.9. The highest BCUT2D eigenvalue weighted by atomic mass is 79.9. The van der Waals surface area contributed by atoms with Crippen molar-refractivity contribution in [2.24, 2.45) is 5.92 Å². The van der Waals surface area contributed by atoms with Crippen LogP contribution in [0.5, 0.6) is 0 Å². The number of hydrogen-bond acceptors (Lipinski definition) is 2. The van der Waals surface area contributed by atoms with Crippen molar-refractivity contribution >= 4 is 15.9 Å². The van der Waals surface area contributed by atoms with Gasteiger partial charge in [0.25, 0.3) is 0 Å². The predicted molar refractivity (Wildman–Crippen MR) is 89.9 cm³/mol. The fraction of sp³-hybridized carbons (Fsp3) is 0.647. The van der Waals surface area contributed by atoms with Crippen molar-refractivity contribution in [3.05, 3.63) is 34.1 Å². The lowest BCUT2D eigenvalue weighted by atomic mass is 9.75. The summed E-state index contributed by atoms with van der Waals surface area (Å²) >= 11 is 3.25. The SMILES string of the molecule is CC1CCCC(CNCc2ccc(F)c(Br)c2)(N(C)C)C1.